The molecule has 0 aliphatic carbocycles. The second-order valence-electron chi connectivity index (χ2n) is 5.19. The molecule has 2 aromatic rings. The van der Waals surface area contributed by atoms with Crippen molar-refractivity contribution in [3.05, 3.63) is 27.5 Å². The summed E-state index contributed by atoms with van der Waals surface area (Å²) in [5.41, 5.74) is 1.78. The molecule has 2 N–H and O–H groups in total. The first kappa shape index (κ1) is 14.2. The average molecular weight is 307 g/mol. The Labute approximate surface area is 126 Å². The van der Waals surface area contributed by atoms with Crippen LogP contribution in [0, 0.1) is 6.92 Å². The lowest BCUT2D eigenvalue weighted by Crippen LogP contribution is -2.28. The zero-order valence-electron chi connectivity index (χ0n) is 11.7. The maximum Gasteiger partial charge on any atom is 0.358 e. The van der Waals surface area contributed by atoms with E-state index in [0.29, 0.717) is 6.54 Å². The van der Waals surface area contributed by atoms with Crippen LogP contribution in [0.5, 0.6) is 0 Å². The Hall–Kier alpha value is -1.80. The number of aromatic nitrogens is 4. The van der Waals surface area contributed by atoms with Crippen LogP contribution in [0.3, 0.4) is 0 Å². The molecule has 8 heteroatoms. The summed E-state index contributed by atoms with van der Waals surface area (Å²) in [5, 5.41) is 23.4. The van der Waals surface area contributed by atoms with E-state index in [9.17, 15) is 9.90 Å². The molecule has 7 nitrogen and oxygen atoms in total. The highest BCUT2D eigenvalue weighted by atomic mass is 32.1. The van der Waals surface area contributed by atoms with Crippen molar-refractivity contribution < 1.29 is 9.90 Å². The minimum atomic E-state index is -1.01. The van der Waals surface area contributed by atoms with E-state index >= 15 is 0 Å². The number of nitrogens with one attached hydrogen (secondary N) is 1. The number of piperidine rings is 1. The molecule has 3 rings (SSSR count). The summed E-state index contributed by atoms with van der Waals surface area (Å²) in [5.74, 6) is -0.821. The molecular formula is C13H17N5O2S. The van der Waals surface area contributed by atoms with Crippen molar-refractivity contribution in [3.8, 4) is 0 Å². The third kappa shape index (κ3) is 2.96. The van der Waals surface area contributed by atoms with E-state index in [0.717, 1.165) is 42.3 Å². The highest BCUT2D eigenvalue weighted by Gasteiger charge is 2.27. The quantitative estimate of drug-likeness (QED) is 0.883. The number of hydrogen-bond donors (Lipinski definition) is 2. The molecule has 1 aliphatic heterocycles. The van der Waals surface area contributed by atoms with Gasteiger partial charge in [0, 0.05) is 17.0 Å². The van der Waals surface area contributed by atoms with Gasteiger partial charge < -0.3 is 10.4 Å². The van der Waals surface area contributed by atoms with Gasteiger partial charge in [-0.15, -0.1) is 16.4 Å². The van der Waals surface area contributed by atoms with Crippen molar-refractivity contribution in [1.29, 1.82) is 0 Å². The fourth-order valence-corrected chi connectivity index (χ4v) is 3.45. The lowest BCUT2D eigenvalue weighted by atomic mass is 9.93. The van der Waals surface area contributed by atoms with Crippen LogP contribution in [-0.2, 0) is 6.54 Å². The summed E-state index contributed by atoms with van der Waals surface area (Å²) in [7, 11) is 0. The molecule has 0 saturated carbocycles. The van der Waals surface area contributed by atoms with Gasteiger partial charge in [0.25, 0.3) is 0 Å². The van der Waals surface area contributed by atoms with Gasteiger partial charge in [0.1, 0.15) is 5.01 Å². The molecule has 2 aromatic heterocycles. The Bertz CT molecular complexity index is 645. The first-order chi connectivity index (χ1) is 10.1. The van der Waals surface area contributed by atoms with Gasteiger partial charge in [-0.3, -0.25) is 0 Å². The van der Waals surface area contributed by atoms with Crippen molar-refractivity contribution in [2.75, 3.05) is 13.1 Å². The van der Waals surface area contributed by atoms with Gasteiger partial charge in [0.05, 0.1) is 12.2 Å². The molecule has 1 aliphatic rings. The van der Waals surface area contributed by atoms with Crippen LogP contribution in [0.4, 0.5) is 0 Å². The fraction of sp³-hybridized carbons (Fsp3) is 0.538. The second kappa shape index (κ2) is 5.90. The van der Waals surface area contributed by atoms with Crippen molar-refractivity contribution >= 4 is 17.3 Å². The van der Waals surface area contributed by atoms with Crippen LogP contribution >= 0.6 is 11.3 Å². The van der Waals surface area contributed by atoms with Gasteiger partial charge in [-0.2, -0.15) is 0 Å². The van der Waals surface area contributed by atoms with Gasteiger partial charge in [-0.25, -0.2) is 14.5 Å². The van der Waals surface area contributed by atoms with E-state index in [4.69, 9.17) is 0 Å². The molecule has 0 atom stereocenters. The molecule has 21 heavy (non-hydrogen) atoms. The van der Waals surface area contributed by atoms with E-state index in [1.165, 1.54) is 0 Å². The van der Waals surface area contributed by atoms with Gasteiger partial charge in [0.2, 0.25) is 0 Å². The van der Waals surface area contributed by atoms with Crippen LogP contribution in [-0.4, -0.2) is 44.1 Å². The van der Waals surface area contributed by atoms with Crippen LogP contribution < -0.4 is 5.32 Å². The molecule has 0 aromatic carbocycles. The zero-order valence-corrected chi connectivity index (χ0v) is 12.6. The lowest BCUT2D eigenvalue weighted by Gasteiger charge is -2.23. The van der Waals surface area contributed by atoms with E-state index < -0.39 is 5.97 Å². The minimum absolute atomic E-state index is 0.0789. The molecule has 0 radical (unpaired) electrons. The SMILES string of the molecule is Cc1csc(Cn2nnc(C(=O)O)c2C2CCNCC2)n1. The topological polar surface area (TPSA) is 92.9 Å². The van der Waals surface area contributed by atoms with Gasteiger partial charge in [-0.05, 0) is 32.9 Å². The minimum Gasteiger partial charge on any atom is -0.476 e. The number of carboxylic acids is 1. The molecule has 112 valence electrons. The smallest absolute Gasteiger partial charge is 0.358 e. The molecule has 0 bridgehead atoms. The van der Waals surface area contributed by atoms with Gasteiger partial charge in [0.15, 0.2) is 5.69 Å². The fourth-order valence-electron chi connectivity index (χ4n) is 2.69. The summed E-state index contributed by atoms with van der Waals surface area (Å²) in [4.78, 5) is 15.8. The maximum atomic E-state index is 11.4. The largest absolute Gasteiger partial charge is 0.476 e. The molecule has 0 spiro atoms. The Morgan fingerprint density at radius 2 is 2.29 bits per heavy atom. The number of thiazole rings is 1. The molecule has 1 fully saturated rings. The van der Waals surface area contributed by atoms with E-state index in [-0.39, 0.29) is 11.6 Å². The molecule has 0 unspecified atom stereocenters. The zero-order chi connectivity index (χ0) is 14.8. The lowest BCUT2D eigenvalue weighted by molar-refractivity contribution is 0.0688. The van der Waals surface area contributed by atoms with Crippen LogP contribution in [0.25, 0.3) is 0 Å². The Kier molecular flexibility index (Phi) is 3.98. The number of aryl methyl sites for hydroxylation is 1. The summed E-state index contributed by atoms with van der Waals surface area (Å²) >= 11 is 1.56. The van der Waals surface area contributed by atoms with Gasteiger partial charge in [-0.1, -0.05) is 5.21 Å². The van der Waals surface area contributed by atoms with Crippen molar-refractivity contribution in [1.82, 2.24) is 25.3 Å². The summed E-state index contributed by atoms with van der Waals surface area (Å²) < 4.78 is 1.71. The van der Waals surface area contributed by atoms with Crippen molar-refractivity contribution in [2.45, 2.75) is 32.2 Å². The first-order valence-electron chi connectivity index (χ1n) is 6.93. The standard InChI is InChI=1S/C13H17N5O2S/c1-8-7-21-10(15-8)6-18-12(9-2-4-14-5-3-9)11(13(19)20)16-17-18/h7,9,14H,2-6H2,1H3,(H,19,20). The number of rotatable bonds is 4. The monoisotopic (exact) mass is 307 g/mol. The first-order valence-corrected chi connectivity index (χ1v) is 7.81. The highest BCUT2D eigenvalue weighted by molar-refractivity contribution is 7.09. The van der Waals surface area contributed by atoms with E-state index in [2.05, 4.69) is 20.6 Å². The molecular weight excluding hydrogens is 290 g/mol. The molecule has 3 heterocycles. The average Bonchev–Trinajstić information content (AvgIpc) is 3.07. The summed E-state index contributed by atoms with van der Waals surface area (Å²) in [6.07, 6.45) is 1.81. The van der Waals surface area contributed by atoms with Crippen molar-refractivity contribution in [3.63, 3.8) is 0 Å². The maximum absolute atomic E-state index is 11.4. The van der Waals surface area contributed by atoms with Gasteiger partial charge >= 0.3 is 5.97 Å². The highest BCUT2D eigenvalue weighted by Crippen LogP contribution is 2.28. The third-order valence-corrected chi connectivity index (χ3v) is 4.60. The van der Waals surface area contributed by atoms with E-state index in [1.54, 1.807) is 16.0 Å². The summed E-state index contributed by atoms with van der Waals surface area (Å²) in [6, 6.07) is 0. The second-order valence-corrected chi connectivity index (χ2v) is 6.14. The Balaban J connectivity index is 1.93. The Morgan fingerprint density at radius 1 is 1.52 bits per heavy atom. The Morgan fingerprint density at radius 3 is 2.90 bits per heavy atom. The number of carboxylic acid groups (broad SMARTS) is 1. The molecule has 1 saturated heterocycles. The number of carbonyl (C=O) groups is 1. The third-order valence-electron chi connectivity index (χ3n) is 3.65. The molecule has 0 amide bonds. The van der Waals surface area contributed by atoms with E-state index in [1.807, 2.05) is 12.3 Å². The normalized spacial score (nSPS) is 16.2. The number of aromatic carboxylic acids is 1. The van der Waals surface area contributed by atoms with Crippen LogP contribution in [0.2, 0.25) is 0 Å². The number of nitrogens with zero attached hydrogens (tertiary/aromatic N) is 4. The number of hydrogen-bond acceptors (Lipinski definition) is 6. The van der Waals surface area contributed by atoms with Crippen molar-refractivity contribution in [2.24, 2.45) is 0 Å². The predicted molar refractivity (Wildman–Crippen MR) is 77.8 cm³/mol. The van der Waals surface area contributed by atoms with Crippen LogP contribution in [0.1, 0.15) is 45.6 Å². The summed E-state index contributed by atoms with van der Waals surface area (Å²) in [6.45, 7) is 4.21. The van der Waals surface area contributed by atoms with Crippen LogP contribution in [0.15, 0.2) is 5.38 Å². The predicted octanol–water partition coefficient (Wildman–Crippen LogP) is 1.26.